The second-order valence-electron chi connectivity index (χ2n) is 3.90. The van der Waals surface area contributed by atoms with Crippen LogP contribution in [0.2, 0.25) is 5.02 Å². The van der Waals surface area contributed by atoms with Gasteiger partial charge in [-0.1, -0.05) is 27.5 Å². The van der Waals surface area contributed by atoms with Crippen LogP contribution in [0.4, 0.5) is 0 Å². The topological polar surface area (TPSA) is 38.0 Å². The van der Waals surface area contributed by atoms with Crippen LogP contribution >= 0.6 is 27.5 Å². The van der Waals surface area contributed by atoms with E-state index in [0.29, 0.717) is 12.6 Å². The molecule has 0 heterocycles. The SMILES string of the molecule is NCC(NC1CC1)c1cc(Br)ccc1Cl. The molecule has 82 valence electrons. The standard InChI is InChI=1S/C11H14BrClN2/c12-7-1-4-10(13)9(5-7)11(6-14)15-8-2-3-8/h1,4-5,8,11,15H,2-3,6,14H2. The summed E-state index contributed by atoms with van der Waals surface area (Å²) in [5.74, 6) is 0. The van der Waals surface area contributed by atoms with Crippen molar-refractivity contribution in [2.75, 3.05) is 6.54 Å². The molecule has 2 nitrogen and oxygen atoms in total. The molecule has 4 heteroatoms. The molecular weight excluding hydrogens is 275 g/mol. The van der Waals surface area contributed by atoms with E-state index in [4.69, 9.17) is 17.3 Å². The monoisotopic (exact) mass is 288 g/mol. The van der Waals surface area contributed by atoms with E-state index in [2.05, 4.69) is 21.2 Å². The molecule has 0 spiro atoms. The number of nitrogens with one attached hydrogen (secondary N) is 1. The molecule has 0 aromatic heterocycles. The van der Waals surface area contributed by atoms with Gasteiger partial charge in [0.1, 0.15) is 0 Å². The highest BCUT2D eigenvalue weighted by Gasteiger charge is 2.25. The lowest BCUT2D eigenvalue weighted by atomic mass is 10.1. The van der Waals surface area contributed by atoms with Gasteiger partial charge in [-0.15, -0.1) is 0 Å². The van der Waals surface area contributed by atoms with Crippen molar-refractivity contribution in [3.05, 3.63) is 33.3 Å². The maximum absolute atomic E-state index is 6.16. The third-order valence-corrected chi connectivity index (χ3v) is 3.42. The Kier molecular flexibility index (Phi) is 3.67. The lowest BCUT2D eigenvalue weighted by Gasteiger charge is -2.18. The summed E-state index contributed by atoms with van der Waals surface area (Å²) in [6.45, 7) is 0.576. The fourth-order valence-electron chi connectivity index (χ4n) is 1.60. The molecule has 1 aromatic carbocycles. The van der Waals surface area contributed by atoms with E-state index in [1.54, 1.807) is 0 Å². The molecule has 1 atom stereocenters. The molecule has 2 rings (SSSR count). The highest BCUT2D eigenvalue weighted by atomic mass is 79.9. The van der Waals surface area contributed by atoms with Gasteiger partial charge in [0.05, 0.1) is 0 Å². The van der Waals surface area contributed by atoms with Crippen molar-refractivity contribution < 1.29 is 0 Å². The van der Waals surface area contributed by atoms with E-state index in [-0.39, 0.29) is 6.04 Å². The Balaban J connectivity index is 2.19. The Morgan fingerprint density at radius 1 is 1.53 bits per heavy atom. The number of hydrogen-bond donors (Lipinski definition) is 2. The van der Waals surface area contributed by atoms with Crippen molar-refractivity contribution in [3.63, 3.8) is 0 Å². The van der Waals surface area contributed by atoms with Gasteiger partial charge in [0.25, 0.3) is 0 Å². The fraction of sp³-hybridized carbons (Fsp3) is 0.455. The van der Waals surface area contributed by atoms with Crippen molar-refractivity contribution in [2.24, 2.45) is 5.73 Å². The quantitative estimate of drug-likeness (QED) is 0.894. The molecule has 0 amide bonds. The van der Waals surface area contributed by atoms with Crippen molar-refractivity contribution >= 4 is 27.5 Å². The van der Waals surface area contributed by atoms with Gasteiger partial charge >= 0.3 is 0 Å². The molecule has 1 aromatic rings. The summed E-state index contributed by atoms with van der Waals surface area (Å²) in [5, 5.41) is 4.27. The third-order valence-electron chi connectivity index (χ3n) is 2.58. The number of rotatable bonds is 4. The average Bonchev–Trinajstić information content (AvgIpc) is 3.02. The zero-order valence-corrected chi connectivity index (χ0v) is 10.7. The van der Waals surface area contributed by atoms with Gasteiger partial charge in [0.15, 0.2) is 0 Å². The van der Waals surface area contributed by atoms with Crippen LogP contribution in [0.15, 0.2) is 22.7 Å². The molecule has 1 fully saturated rings. The number of hydrogen-bond acceptors (Lipinski definition) is 2. The van der Waals surface area contributed by atoms with E-state index in [0.717, 1.165) is 15.1 Å². The predicted molar refractivity (Wildman–Crippen MR) is 67.1 cm³/mol. The first-order valence-electron chi connectivity index (χ1n) is 5.12. The normalized spacial score (nSPS) is 17.8. The Bertz CT molecular complexity index is 352. The molecule has 1 aliphatic rings. The molecular formula is C11H14BrClN2. The second kappa shape index (κ2) is 4.83. The minimum Gasteiger partial charge on any atom is -0.329 e. The smallest absolute Gasteiger partial charge is 0.0461 e. The van der Waals surface area contributed by atoms with E-state index < -0.39 is 0 Å². The number of nitrogens with two attached hydrogens (primary N) is 1. The minimum absolute atomic E-state index is 0.169. The van der Waals surface area contributed by atoms with Gasteiger partial charge in [0.2, 0.25) is 0 Å². The molecule has 1 aliphatic carbocycles. The zero-order chi connectivity index (χ0) is 10.8. The molecule has 0 bridgehead atoms. The summed E-state index contributed by atoms with van der Waals surface area (Å²) < 4.78 is 1.04. The van der Waals surface area contributed by atoms with Crippen molar-refractivity contribution in [1.29, 1.82) is 0 Å². The van der Waals surface area contributed by atoms with E-state index in [1.807, 2.05) is 18.2 Å². The zero-order valence-electron chi connectivity index (χ0n) is 8.34. The lowest BCUT2D eigenvalue weighted by molar-refractivity contribution is 0.539. The first-order valence-corrected chi connectivity index (χ1v) is 6.29. The summed E-state index contributed by atoms with van der Waals surface area (Å²) in [7, 11) is 0. The lowest BCUT2D eigenvalue weighted by Crippen LogP contribution is -2.30. The largest absolute Gasteiger partial charge is 0.329 e. The van der Waals surface area contributed by atoms with Crippen molar-refractivity contribution in [3.8, 4) is 0 Å². The van der Waals surface area contributed by atoms with Gasteiger partial charge in [-0.05, 0) is 36.6 Å². The molecule has 0 aliphatic heterocycles. The maximum Gasteiger partial charge on any atom is 0.0461 e. The van der Waals surface area contributed by atoms with Crippen LogP contribution in [-0.4, -0.2) is 12.6 Å². The Hall–Kier alpha value is -0.0900. The molecule has 1 unspecified atom stereocenters. The third kappa shape index (κ3) is 2.94. The molecule has 0 radical (unpaired) electrons. The molecule has 3 N–H and O–H groups in total. The predicted octanol–water partition coefficient (Wildman–Crippen LogP) is 2.85. The highest BCUT2D eigenvalue weighted by Crippen LogP contribution is 2.29. The van der Waals surface area contributed by atoms with Gasteiger partial charge in [-0.25, -0.2) is 0 Å². The van der Waals surface area contributed by atoms with Gasteiger partial charge in [-0.3, -0.25) is 0 Å². The van der Waals surface area contributed by atoms with Crippen LogP contribution in [0.25, 0.3) is 0 Å². The first-order chi connectivity index (χ1) is 7.20. The number of benzene rings is 1. The maximum atomic E-state index is 6.16. The Labute approximate surface area is 103 Å². The first kappa shape index (κ1) is 11.4. The van der Waals surface area contributed by atoms with Crippen LogP contribution in [0.5, 0.6) is 0 Å². The van der Waals surface area contributed by atoms with Crippen LogP contribution in [0.1, 0.15) is 24.4 Å². The van der Waals surface area contributed by atoms with Gasteiger partial charge in [-0.2, -0.15) is 0 Å². The fourth-order valence-corrected chi connectivity index (χ4v) is 2.23. The average molecular weight is 290 g/mol. The molecule has 15 heavy (non-hydrogen) atoms. The second-order valence-corrected chi connectivity index (χ2v) is 5.22. The van der Waals surface area contributed by atoms with Gasteiger partial charge < -0.3 is 11.1 Å². The van der Waals surface area contributed by atoms with Crippen LogP contribution in [-0.2, 0) is 0 Å². The summed E-state index contributed by atoms with van der Waals surface area (Å²) in [5.41, 5.74) is 6.85. The van der Waals surface area contributed by atoms with Gasteiger partial charge in [0, 0.05) is 28.1 Å². The number of halogens is 2. The highest BCUT2D eigenvalue weighted by molar-refractivity contribution is 9.10. The Morgan fingerprint density at radius 3 is 2.87 bits per heavy atom. The van der Waals surface area contributed by atoms with Crippen LogP contribution < -0.4 is 11.1 Å². The van der Waals surface area contributed by atoms with Crippen LogP contribution in [0.3, 0.4) is 0 Å². The summed E-state index contributed by atoms with van der Waals surface area (Å²) >= 11 is 9.61. The van der Waals surface area contributed by atoms with E-state index >= 15 is 0 Å². The minimum atomic E-state index is 0.169. The summed E-state index contributed by atoms with van der Waals surface area (Å²) in [6.07, 6.45) is 2.50. The molecule has 1 saturated carbocycles. The van der Waals surface area contributed by atoms with Crippen molar-refractivity contribution in [1.82, 2.24) is 5.32 Å². The summed E-state index contributed by atoms with van der Waals surface area (Å²) in [4.78, 5) is 0. The van der Waals surface area contributed by atoms with Crippen molar-refractivity contribution in [2.45, 2.75) is 24.9 Å². The Morgan fingerprint density at radius 2 is 2.27 bits per heavy atom. The molecule has 0 saturated heterocycles. The van der Waals surface area contributed by atoms with Crippen LogP contribution in [0, 0.1) is 0 Å². The van der Waals surface area contributed by atoms with E-state index in [1.165, 1.54) is 12.8 Å². The summed E-state index contributed by atoms with van der Waals surface area (Å²) in [6, 6.07) is 6.68. The van der Waals surface area contributed by atoms with E-state index in [9.17, 15) is 0 Å².